The Balaban J connectivity index is 2.38. The second kappa shape index (κ2) is 5.77. The Bertz CT molecular complexity index is 1070. The Kier molecular flexibility index (Phi) is 3.90. The van der Waals surface area contributed by atoms with Gasteiger partial charge in [-0.2, -0.15) is 5.10 Å². The van der Waals surface area contributed by atoms with Crippen LogP contribution in [0.3, 0.4) is 0 Å². The standard InChI is InChI=1S/C15H16N4O4S/c1-9-2-4-10(5-3-9)24(22,23)13-11-8-17-18-15(21)12(11)19(6-7-20)14(13)16/h2-5,8,20H,6-7,16H2,1H3,(H,18,21). The van der Waals surface area contributed by atoms with Crippen molar-refractivity contribution in [3.8, 4) is 0 Å². The first-order valence-corrected chi connectivity index (χ1v) is 8.64. The number of aliphatic hydroxyl groups is 1. The SMILES string of the molecule is Cc1ccc(S(=O)(=O)c2c(N)n(CCO)c3c(=O)[nH]ncc23)cc1. The van der Waals surface area contributed by atoms with E-state index >= 15 is 0 Å². The molecule has 2 aromatic heterocycles. The van der Waals surface area contributed by atoms with E-state index < -0.39 is 15.4 Å². The Hall–Kier alpha value is -2.65. The predicted octanol–water partition coefficient (Wildman–Crippen LogP) is 0.440. The van der Waals surface area contributed by atoms with E-state index in [0.29, 0.717) is 0 Å². The van der Waals surface area contributed by atoms with Crippen LogP contribution < -0.4 is 11.3 Å². The largest absolute Gasteiger partial charge is 0.395 e. The number of sulfone groups is 1. The molecule has 3 rings (SSSR count). The zero-order valence-electron chi connectivity index (χ0n) is 12.9. The van der Waals surface area contributed by atoms with Gasteiger partial charge in [-0.3, -0.25) is 4.79 Å². The Labute approximate surface area is 137 Å². The van der Waals surface area contributed by atoms with E-state index in [-0.39, 0.29) is 39.7 Å². The van der Waals surface area contributed by atoms with E-state index in [1.165, 1.54) is 22.9 Å². The molecule has 0 aliphatic rings. The summed E-state index contributed by atoms with van der Waals surface area (Å²) in [6.45, 7) is 1.56. The van der Waals surface area contributed by atoms with Crippen molar-refractivity contribution in [3.05, 3.63) is 46.4 Å². The number of fused-ring (bicyclic) bond motifs is 1. The molecule has 0 amide bonds. The van der Waals surface area contributed by atoms with Crippen molar-refractivity contribution in [3.63, 3.8) is 0 Å². The quantitative estimate of drug-likeness (QED) is 0.627. The number of aromatic amines is 1. The monoisotopic (exact) mass is 348 g/mol. The summed E-state index contributed by atoms with van der Waals surface area (Å²) in [5.41, 5.74) is 6.44. The maximum atomic E-state index is 13.0. The number of aliphatic hydroxyl groups excluding tert-OH is 1. The lowest BCUT2D eigenvalue weighted by atomic mass is 10.2. The number of hydrogen-bond acceptors (Lipinski definition) is 6. The van der Waals surface area contributed by atoms with Crippen molar-refractivity contribution in [1.82, 2.24) is 14.8 Å². The van der Waals surface area contributed by atoms with E-state index in [1.54, 1.807) is 12.1 Å². The van der Waals surface area contributed by atoms with Gasteiger partial charge in [0.2, 0.25) is 9.84 Å². The van der Waals surface area contributed by atoms with Crippen LogP contribution in [0.5, 0.6) is 0 Å². The maximum absolute atomic E-state index is 13.0. The fourth-order valence-corrected chi connectivity index (χ4v) is 4.21. The van der Waals surface area contributed by atoms with E-state index in [0.717, 1.165) is 5.56 Å². The normalized spacial score (nSPS) is 11.9. The second-order valence-electron chi connectivity index (χ2n) is 5.37. The number of hydrogen-bond donors (Lipinski definition) is 3. The molecule has 4 N–H and O–H groups in total. The highest BCUT2D eigenvalue weighted by molar-refractivity contribution is 7.92. The molecular weight excluding hydrogens is 332 g/mol. The molecule has 8 nitrogen and oxygen atoms in total. The first kappa shape index (κ1) is 16.2. The second-order valence-corrected chi connectivity index (χ2v) is 7.25. The zero-order chi connectivity index (χ0) is 17.5. The fourth-order valence-electron chi connectivity index (χ4n) is 2.66. The summed E-state index contributed by atoms with van der Waals surface area (Å²) in [5.74, 6) is -0.0990. The third kappa shape index (κ3) is 2.38. The third-order valence-electron chi connectivity index (χ3n) is 3.79. The van der Waals surface area contributed by atoms with Crippen LogP contribution in [0.4, 0.5) is 5.82 Å². The van der Waals surface area contributed by atoms with Crippen LogP contribution in [-0.4, -0.2) is 34.9 Å². The number of rotatable bonds is 4. The molecule has 126 valence electrons. The van der Waals surface area contributed by atoms with Gasteiger partial charge in [-0.25, -0.2) is 13.5 Å². The lowest BCUT2D eigenvalue weighted by Crippen LogP contribution is -2.14. The molecule has 0 aliphatic heterocycles. The van der Waals surface area contributed by atoms with Crippen LogP contribution in [0.2, 0.25) is 0 Å². The average Bonchev–Trinajstić information content (AvgIpc) is 2.82. The minimum atomic E-state index is -3.95. The van der Waals surface area contributed by atoms with Gasteiger partial charge in [-0.05, 0) is 19.1 Å². The summed E-state index contributed by atoms with van der Waals surface area (Å²) in [4.78, 5) is 12.0. The lowest BCUT2D eigenvalue weighted by Gasteiger charge is -2.07. The average molecular weight is 348 g/mol. The third-order valence-corrected chi connectivity index (χ3v) is 5.65. The number of nitrogen functional groups attached to an aromatic ring is 1. The number of aryl methyl sites for hydroxylation is 1. The predicted molar refractivity (Wildman–Crippen MR) is 88.5 cm³/mol. The van der Waals surface area contributed by atoms with Gasteiger partial charge in [0.15, 0.2) is 0 Å². The molecule has 0 saturated heterocycles. The summed E-state index contributed by atoms with van der Waals surface area (Å²) in [7, 11) is -3.95. The van der Waals surface area contributed by atoms with Gasteiger partial charge in [-0.15, -0.1) is 0 Å². The van der Waals surface area contributed by atoms with Gasteiger partial charge in [0.25, 0.3) is 5.56 Å². The van der Waals surface area contributed by atoms with Crippen molar-refractivity contribution in [2.75, 3.05) is 12.3 Å². The van der Waals surface area contributed by atoms with Crippen molar-refractivity contribution in [2.45, 2.75) is 23.3 Å². The minimum Gasteiger partial charge on any atom is -0.395 e. The first-order chi connectivity index (χ1) is 11.4. The van der Waals surface area contributed by atoms with E-state index in [9.17, 15) is 18.3 Å². The van der Waals surface area contributed by atoms with E-state index in [2.05, 4.69) is 10.2 Å². The molecule has 0 unspecified atom stereocenters. The molecule has 24 heavy (non-hydrogen) atoms. The van der Waals surface area contributed by atoms with Crippen LogP contribution in [0, 0.1) is 6.92 Å². The Morgan fingerprint density at radius 2 is 1.96 bits per heavy atom. The first-order valence-electron chi connectivity index (χ1n) is 7.16. The van der Waals surface area contributed by atoms with Crippen LogP contribution in [0.15, 0.2) is 45.0 Å². The van der Waals surface area contributed by atoms with Gasteiger partial charge in [0.1, 0.15) is 16.2 Å². The summed E-state index contributed by atoms with van der Waals surface area (Å²) < 4.78 is 27.3. The van der Waals surface area contributed by atoms with Gasteiger partial charge in [0.05, 0.1) is 17.7 Å². The molecule has 3 aromatic rings. The van der Waals surface area contributed by atoms with Crippen LogP contribution in [-0.2, 0) is 16.4 Å². The Morgan fingerprint density at radius 1 is 1.29 bits per heavy atom. The molecule has 2 heterocycles. The van der Waals surface area contributed by atoms with Gasteiger partial charge < -0.3 is 15.4 Å². The summed E-state index contributed by atoms with van der Waals surface area (Å²) in [5, 5.41) is 15.3. The molecule has 0 radical (unpaired) electrons. The van der Waals surface area contributed by atoms with Crippen molar-refractivity contribution in [2.24, 2.45) is 0 Å². The van der Waals surface area contributed by atoms with Crippen LogP contribution in [0.1, 0.15) is 5.56 Å². The molecule has 0 bridgehead atoms. The van der Waals surface area contributed by atoms with Gasteiger partial charge >= 0.3 is 0 Å². The van der Waals surface area contributed by atoms with Crippen molar-refractivity contribution >= 4 is 26.6 Å². The minimum absolute atomic E-state index is 0.00115. The molecule has 0 saturated carbocycles. The molecule has 0 aliphatic carbocycles. The number of benzene rings is 1. The summed E-state index contributed by atoms with van der Waals surface area (Å²) in [6, 6.07) is 6.34. The highest BCUT2D eigenvalue weighted by Crippen LogP contribution is 2.34. The summed E-state index contributed by atoms with van der Waals surface area (Å²) in [6.07, 6.45) is 1.25. The molecular formula is C15H16N4O4S. The number of nitrogens with two attached hydrogens (primary N) is 1. The Morgan fingerprint density at radius 3 is 2.58 bits per heavy atom. The number of nitrogens with zero attached hydrogens (tertiary/aromatic N) is 2. The van der Waals surface area contributed by atoms with Gasteiger partial charge in [0, 0.05) is 11.9 Å². The van der Waals surface area contributed by atoms with Crippen LogP contribution >= 0.6 is 0 Å². The van der Waals surface area contributed by atoms with Crippen LogP contribution in [0.25, 0.3) is 10.9 Å². The number of aromatic nitrogens is 3. The summed E-state index contributed by atoms with van der Waals surface area (Å²) >= 11 is 0. The maximum Gasteiger partial charge on any atom is 0.288 e. The highest BCUT2D eigenvalue weighted by Gasteiger charge is 2.29. The number of nitrogens with one attached hydrogen (secondary N) is 1. The van der Waals surface area contributed by atoms with E-state index in [1.807, 2.05) is 6.92 Å². The fraction of sp³-hybridized carbons (Fsp3) is 0.200. The smallest absolute Gasteiger partial charge is 0.288 e. The number of anilines is 1. The topological polar surface area (TPSA) is 131 Å². The molecule has 1 aromatic carbocycles. The van der Waals surface area contributed by atoms with Crippen molar-refractivity contribution in [1.29, 1.82) is 0 Å². The van der Waals surface area contributed by atoms with Gasteiger partial charge in [-0.1, -0.05) is 17.7 Å². The highest BCUT2D eigenvalue weighted by atomic mass is 32.2. The molecule has 0 atom stereocenters. The lowest BCUT2D eigenvalue weighted by molar-refractivity contribution is 0.278. The molecule has 0 fully saturated rings. The molecule has 0 spiro atoms. The number of H-pyrrole nitrogens is 1. The molecule has 9 heteroatoms. The van der Waals surface area contributed by atoms with Crippen molar-refractivity contribution < 1.29 is 13.5 Å². The zero-order valence-corrected chi connectivity index (χ0v) is 13.7. The van der Waals surface area contributed by atoms with E-state index in [4.69, 9.17) is 5.73 Å².